The fourth-order valence-electron chi connectivity index (χ4n) is 1.24. The predicted octanol–water partition coefficient (Wildman–Crippen LogP) is 4.11. The van der Waals surface area contributed by atoms with E-state index >= 15 is 0 Å². The molecule has 0 saturated carbocycles. The normalized spacial score (nSPS) is 14.9. The standard InChI is InChI=1S/C11H21Cl2N/c1-9(2)5-4-6-10(3)14-8-11(13)7-12/h7,9-10,14H,4-6,8H2,1-3H3. The Morgan fingerprint density at radius 2 is 1.93 bits per heavy atom. The monoisotopic (exact) mass is 237 g/mol. The lowest BCUT2D eigenvalue weighted by atomic mass is 10.0. The first-order valence-corrected chi connectivity index (χ1v) is 6.05. The van der Waals surface area contributed by atoms with Crippen LogP contribution in [0.3, 0.4) is 0 Å². The van der Waals surface area contributed by atoms with Gasteiger partial charge in [-0.1, -0.05) is 49.9 Å². The van der Waals surface area contributed by atoms with Crippen LogP contribution in [0.5, 0.6) is 0 Å². The Morgan fingerprint density at radius 3 is 2.43 bits per heavy atom. The molecule has 1 nitrogen and oxygen atoms in total. The maximum atomic E-state index is 5.76. The summed E-state index contributed by atoms with van der Waals surface area (Å²) in [5, 5.41) is 3.99. The minimum absolute atomic E-state index is 0.513. The average molecular weight is 238 g/mol. The summed E-state index contributed by atoms with van der Waals surface area (Å²) < 4.78 is 0. The minimum Gasteiger partial charge on any atom is -0.309 e. The molecule has 1 N–H and O–H groups in total. The molecule has 0 bridgehead atoms. The van der Waals surface area contributed by atoms with Gasteiger partial charge in [0, 0.05) is 23.2 Å². The molecule has 14 heavy (non-hydrogen) atoms. The Bertz CT molecular complexity index is 167. The number of halogens is 2. The molecule has 0 aliphatic heterocycles. The molecule has 0 spiro atoms. The second kappa shape index (κ2) is 8.58. The maximum Gasteiger partial charge on any atom is 0.0431 e. The summed E-state index contributed by atoms with van der Waals surface area (Å²) in [4.78, 5) is 0. The highest BCUT2D eigenvalue weighted by Gasteiger charge is 2.02. The largest absolute Gasteiger partial charge is 0.309 e. The molecule has 3 heteroatoms. The van der Waals surface area contributed by atoms with Gasteiger partial charge >= 0.3 is 0 Å². The molecule has 0 fully saturated rings. The van der Waals surface area contributed by atoms with Crippen LogP contribution in [0.15, 0.2) is 10.6 Å². The highest BCUT2D eigenvalue weighted by Crippen LogP contribution is 2.09. The first-order valence-electron chi connectivity index (χ1n) is 5.24. The minimum atomic E-state index is 0.513. The number of nitrogens with one attached hydrogen (secondary N) is 1. The number of hydrogen-bond acceptors (Lipinski definition) is 1. The van der Waals surface area contributed by atoms with Gasteiger partial charge in [-0.3, -0.25) is 0 Å². The van der Waals surface area contributed by atoms with Crippen LogP contribution in [-0.2, 0) is 0 Å². The quantitative estimate of drug-likeness (QED) is 0.703. The highest BCUT2D eigenvalue weighted by atomic mass is 35.5. The van der Waals surface area contributed by atoms with Crippen molar-refractivity contribution in [1.82, 2.24) is 5.32 Å². The van der Waals surface area contributed by atoms with Gasteiger partial charge in [-0.15, -0.1) is 0 Å². The maximum absolute atomic E-state index is 5.76. The molecule has 1 atom stereocenters. The molecule has 0 amide bonds. The lowest BCUT2D eigenvalue weighted by Gasteiger charge is -2.13. The van der Waals surface area contributed by atoms with Crippen LogP contribution in [-0.4, -0.2) is 12.6 Å². The Balaban J connectivity index is 3.41. The van der Waals surface area contributed by atoms with Gasteiger partial charge < -0.3 is 5.32 Å². The van der Waals surface area contributed by atoms with Crippen molar-refractivity contribution in [2.75, 3.05) is 6.54 Å². The van der Waals surface area contributed by atoms with Gasteiger partial charge in [-0.05, 0) is 19.3 Å². The molecule has 0 aromatic heterocycles. The zero-order valence-electron chi connectivity index (χ0n) is 9.32. The lowest BCUT2D eigenvalue weighted by Crippen LogP contribution is -2.27. The molecule has 84 valence electrons. The summed E-state index contributed by atoms with van der Waals surface area (Å²) in [5.74, 6) is 0.800. The van der Waals surface area contributed by atoms with Crippen molar-refractivity contribution < 1.29 is 0 Å². The Kier molecular flexibility index (Phi) is 8.75. The first kappa shape index (κ1) is 14.3. The van der Waals surface area contributed by atoms with Gasteiger partial charge in [0.15, 0.2) is 0 Å². The molecule has 0 aromatic rings. The van der Waals surface area contributed by atoms with E-state index in [0.29, 0.717) is 17.6 Å². The van der Waals surface area contributed by atoms with Crippen LogP contribution in [0.25, 0.3) is 0 Å². The zero-order chi connectivity index (χ0) is 11.0. The molecule has 0 rings (SSSR count). The van der Waals surface area contributed by atoms with E-state index in [4.69, 9.17) is 23.2 Å². The van der Waals surface area contributed by atoms with Crippen molar-refractivity contribution in [2.24, 2.45) is 5.92 Å². The van der Waals surface area contributed by atoms with Crippen LogP contribution in [0.1, 0.15) is 40.0 Å². The summed E-state index contributed by atoms with van der Waals surface area (Å²) in [5.41, 5.74) is 1.41. The Hall–Kier alpha value is 0.280. The van der Waals surface area contributed by atoms with E-state index in [1.807, 2.05) is 0 Å². The third kappa shape index (κ3) is 8.86. The molecule has 0 radical (unpaired) electrons. The van der Waals surface area contributed by atoms with Gasteiger partial charge in [0.25, 0.3) is 0 Å². The summed E-state index contributed by atoms with van der Waals surface area (Å²) in [6, 6.07) is 0.513. The third-order valence-electron chi connectivity index (χ3n) is 2.16. The van der Waals surface area contributed by atoms with Crippen molar-refractivity contribution in [3.8, 4) is 0 Å². The van der Waals surface area contributed by atoms with Crippen LogP contribution in [0, 0.1) is 5.92 Å². The average Bonchev–Trinajstić information content (AvgIpc) is 2.13. The van der Waals surface area contributed by atoms with Crippen LogP contribution in [0.4, 0.5) is 0 Å². The zero-order valence-corrected chi connectivity index (χ0v) is 10.8. The van der Waals surface area contributed by atoms with Crippen molar-refractivity contribution in [3.63, 3.8) is 0 Å². The highest BCUT2D eigenvalue weighted by molar-refractivity contribution is 6.36. The van der Waals surface area contributed by atoms with E-state index in [2.05, 4.69) is 26.1 Å². The van der Waals surface area contributed by atoms with Gasteiger partial charge in [0.1, 0.15) is 0 Å². The van der Waals surface area contributed by atoms with Gasteiger partial charge in [0.05, 0.1) is 0 Å². The summed E-state index contributed by atoms with van der Waals surface area (Å²) in [6.07, 6.45) is 3.77. The summed E-state index contributed by atoms with van der Waals surface area (Å²) in [7, 11) is 0. The molecule has 0 aromatic carbocycles. The number of rotatable bonds is 7. The van der Waals surface area contributed by atoms with Gasteiger partial charge in [0.2, 0.25) is 0 Å². The first-order chi connectivity index (χ1) is 6.56. The Morgan fingerprint density at radius 1 is 1.29 bits per heavy atom. The fourth-order valence-corrected chi connectivity index (χ4v) is 1.40. The van der Waals surface area contributed by atoms with E-state index in [1.54, 1.807) is 0 Å². The van der Waals surface area contributed by atoms with Crippen molar-refractivity contribution in [1.29, 1.82) is 0 Å². The fraction of sp³-hybridized carbons (Fsp3) is 0.818. The third-order valence-corrected chi connectivity index (χ3v) is 2.77. The van der Waals surface area contributed by atoms with Gasteiger partial charge in [-0.2, -0.15) is 0 Å². The van der Waals surface area contributed by atoms with Crippen molar-refractivity contribution >= 4 is 23.2 Å². The van der Waals surface area contributed by atoms with Crippen molar-refractivity contribution in [3.05, 3.63) is 10.6 Å². The topological polar surface area (TPSA) is 12.0 Å². The molecule has 0 saturated heterocycles. The van der Waals surface area contributed by atoms with E-state index in [1.165, 1.54) is 24.8 Å². The summed E-state index contributed by atoms with van der Waals surface area (Å²) >= 11 is 11.2. The molecular formula is C11H21Cl2N. The molecule has 0 aliphatic carbocycles. The van der Waals surface area contributed by atoms with E-state index in [9.17, 15) is 0 Å². The van der Waals surface area contributed by atoms with Crippen molar-refractivity contribution in [2.45, 2.75) is 46.1 Å². The lowest BCUT2D eigenvalue weighted by molar-refractivity contribution is 0.470. The SMILES string of the molecule is CC(C)CCCC(C)NCC(Cl)=CCl. The molecule has 0 aliphatic rings. The summed E-state index contributed by atoms with van der Waals surface area (Å²) in [6.45, 7) is 7.36. The predicted molar refractivity (Wildman–Crippen MR) is 65.9 cm³/mol. The molecule has 1 unspecified atom stereocenters. The van der Waals surface area contributed by atoms with E-state index < -0.39 is 0 Å². The van der Waals surface area contributed by atoms with Crippen LogP contribution in [0.2, 0.25) is 0 Å². The Labute approximate surface area is 97.9 Å². The van der Waals surface area contributed by atoms with E-state index in [-0.39, 0.29) is 0 Å². The molecule has 0 heterocycles. The molecular weight excluding hydrogens is 217 g/mol. The van der Waals surface area contributed by atoms with Crippen LogP contribution >= 0.6 is 23.2 Å². The van der Waals surface area contributed by atoms with Gasteiger partial charge in [-0.25, -0.2) is 0 Å². The van der Waals surface area contributed by atoms with E-state index in [0.717, 1.165) is 5.92 Å². The second-order valence-electron chi connectivity index (χ2n) is 4.16. The smallest absolute Gasteiger partial charge is 0.0431 e. The number of hydrogen-bond donors (Lipinski definition) is 1. The second-order valence-corrected chi connectivity index (χ2v) is 4.87. The van der Waals surface area contributed by atoms with Crippen LogP contribution < -0.4 is 5.32 Å².